The summed E-state index contributed by atoms with van der Waals surface area (Å²) in [6.45, 7) is 3.10. The van der Waals surface area contributed by atoms with Crippen LogP contribution in [0.3, 0.4) is 0 Å². The number of carbonyl (C=O) groups excluding carboxylic acids is 1. The first kappa shape index (κ1) is 19.2. The Labute approximate surface area is 168 Å². The van der Waals surface area contributed by atoms with E-state index in [1.165, 1.54) is 11.3 Å². The normalized spacial score (nSPS) is 16.0. The van der Waals surface area contributed by atoms with Gasteiger partial charge in [0.25, 0.3) is 0 Å². The van der Waals surface area contributed by atoms with Gasteiger partial charge in [0.05, 0.1) is 12.7 Å². The first-order chi connectivity index (χ1) is 13.4. The molecular formula is C20H22N2O4S2. The molecule has 6 nitrogen and oxygen atoms in total. The smallest absolute Gasteiger partial charge is 0.250 e. The van der Waals surface area contributed by atoms with Crippen LogP contribution in [0.25, 0.3) is 11.0 Å². The van der Waals surface area contributed by atoms with Gasteiger partial charge in [0.1, 0.15) is 9.79 Å². The Morgan fingerprint density at radius 3 is 2.79 bits per heavy atom. The van der Waals surface area contributed by atoms with Gasteiger partial charge in [-0.1, -0.05) is 18.2 Å². The molecule has 1 aromatic carbocycles. The van der Waals surface area contributed by atoms with E-state index in [1.54, 1.807) is 23.8 Å². The topological polar surface area (TPSA) is 79.6 Å². The van der Waals surface area contributed by atoms with Gasteiger partial charge in [-0.05, 0) is 42.8 Å². The summed E-state index contributed by atoms with van der Waals surface area (Å²) in [6.07, 6.45) is 3.18. The van der Waals surface area contributed by atoms with Crippen molar-refractivity contribution >= 4 is 38.2 Å². The summed E-state index contributed by atoms with van der Waals surface area (Å²) in [6, 6.07) is 9.14. The Morgan fingerprint density at radius 2 is 2.07 bits per heavy atom. The number of amides is 1. The maximum Gasteiger partial charge on any atom is 0.250 e. The summed E-state index contributed by atoms with van der Waals surface area (Å²) in [7, 11) is -3.47. The van der Waals surface area contributed by atoms with Gasteiger partial charge in [0.15, 0.2) is 0 Å². The number of hydrogen-bond acceptors (Lipinski definition) is 5. The third kappa shape index (κ3) is 3.99. The fraction of sp³-hybridized carbons (Fsp3) is 0.350. The zero-order chi connectivity index (χ0) is 19.7. The molecule has 1 N–H and O–H groups in total. The van der Waals surface area contributed by atoms with Crippen molar-refractivity contribution in [1.29, 1.82) is 0 Å². The molecule has 3 aromatic rings. The highest BCUT2D eigenvalue weighted by molar-refractivity contribution is 7.91. The predicted molar refractivity (Wildman–Crippen MR) is 109 cm³/mol. The zero-order valence-electron chi connectivity index (χ0n) is 15.6. The lowest BCUT2D eigenvalue weighted by molar-refractivity contribution is -0.131. The minimum Gasteiger partial charge on any atom is -0.464 e. The van der Waals surface area contributed by atoms with Crippen LogP contribution in [0.1, 0.15) is 24.0 Å². The minimum atomic E-state index is -3.47. The van der Waals surface area contributed by atoms with E-state index in [0.717, 1.165) is 22.1 Å². The molecule has 8 heteroatoms. The Bertz CT molecular complexity index is 1080. The van der Waals surface area contributed by atoms with Crippen molar-refractivity contribution in [3.8, 4) is 0 Å². The first-order valence-corrected chi connectivity index (χ1v) is 11.6. The van der Waals surface area contributed by atoms with Gasteiger partial charge in [0.2, 0.25) is 15.9 Å². The predicted octanol–water partition coefficient (Wildman–Crippen LogP) is 3.31. The standard InChI is InChI=1S/C20H22N2O4S2/c1-14-4-5-17-15(13-26-18(17)11-14)12-19(23)22-8-6-16(7-9-22)21-28(24,25)20-3-2-10-27-20/h2-5,10-11,13,16,21H,6-9,12H2,1H3. The molecule has 148 valence electrons. The average Bonchev–Trinajstić information content (AvgIpc) is 3.33. The number of likely N-dealkylation sites (tertiary alicyclic amines) is 1. The van der Waals surface area contributed by atoms with Crippen molar-refractivity contribution in [3.63, 3.8) is 0 Å². The van der Waals surface area contributed by atoms with Crippen molar-refractivity contribution < 1.29 is 17.6 Å². The number of benzene rings is 1. The molecule has 0 radical (unpaired) electrons. The number of carbonyl (C=O) groups is 1. The van der Waals surface area contributed by atoms with Crippen molar-refractivity contribution in [2.45, 2.75) is 36.4 Å². The van der Waals surface area contributed by atoms with Crippen molar-refractivity contribution in [2.24, 2.45) is 0 Å². The van der Waals surface area contributed by atoms with Crippen LogP contribution < -0.4 is 4.72 Å². The number of piperidine rings is 1. The van der Waals surface area contributed by atoms with Crippen LogP contribution in [0, 0.1) is 6.92 Å². The summed E-state index contributed by atoms with van der Waals surface area (Å²) >= 11 is 1.20. The highest BCUT2D eigenvalue weighted by atomic mass is 32.2. The summed E-state index contributed by atoms with van der Waals surface area (Å²) in [4.78, 5) is 14.5. The molecule has 1 aliphatic heterocycles. The molecule has 1 saturated heterocycles. The third-order valence-corrected chi connectivity index (χ3v) is 8.00. The average molecular weight is 419 g/mol. The lowest BCUT2D eigenvalue weighted by atomic mass is 10.0. The maximum absolute atomic E-state index is 12.7. The van der Waals surface area contributed by atoms with E-state index in [4.69, 9.17) is 4.42 Å². The number of nitrogens with one attached hydrogen (secondary N) is 1. The van der Waals surface area contributed by atoms with Crippen LogP contribution in [0.4, 0.5) is 0 Å². The van der Waals surface area contributed by atoms with Crippen LogP contribution >= 0.6 is 11.3 Å². The summed E-state index contributed by atoms with van der Waals surface area (Å²) in [5, 5.41) is 2.72. The van der Waals surface area contributed by atoms with E-state index in [0.29, 0.717) is 36.6 Å². The van der Waals surface area contributed by atoms with E-state index in [-0.39, 0.29) is 11.9 Å². The molecule has 28 heavy (non-hydrogen) atoms. The summed E-state index contributed by atoms with van der Waals surface area (Å²) in [5.41, 5.74) is 2.80. The van der Waals surface area contributed by atoms with Crippen LogP contribution in [0.2, 0.25) is 0 Å². The van der Waals surface area contributed by atoms with Gasteiger partial charge in [0, 0.05) is 30.1 Å². The van der Waals surface area contributed by atoms with Crippen LogP contribution in [0.15, 0.2) is 50.6 Å². The largest absolute Gasteiger partial charge is 0.464 e. The molecule has 1 fully saturated rings. The molecule has 2 aromatic heterocycles. The Hall–Kier alpha value is -2.16. The van der Waals surface area contributed by atoms with Gasteiger partial charge in [-0.3, -0.25) is 4.79 Å². The van der Waals surface area contributed by atoms with Gasteiger partial charge in [-0.2, -0.15) is 0 Å². The molecule has 0 saturated carbocycles. The third-order valence-electron chi connectivity index (χ3n) is 5.08. The number of rotatable bonds is 5. The fourth-order valence-corrected chi connectivity index (χ4v) is 5.86. The van der Waals surface area contributed by atoms with Crippen molar-refractivity contribution in [2.75, 3.05) is 13.1 Å². The van der Waals surface area contributed by atoms with Crippen molar-refractivity contribution in [1.82, 2.24) is 9.62 Å². The lowest BCUT2D eigenvalue weighted by Crippen LogP contribution is -2.46. The van der Waals surface area contributed by atoms with E-state index >= 15 is 0 Å². The molecule has 0 bridgehead atoms. The van der Waals surface area contributed by atoms with E-state index in [9.17, 15) is 13.2 Å². The van der Waals surface area contributed by atoms with E-state index in [1.807, 2.05) is 30.0 Å². The maximum atomic E-state index is 12.7. The Kier molecular flexibility index (Phi) is 5.27. The quantitative estimate of drug-likeness (QED) is 0.689. The second-order valence-electron chi connectivity index (χ2n) is 7.15. The monoisotopic (exact) mass is 418 g/mol. The Balaban J connectivity index is 1.35. The zero-order valence-corrected chi connectivity index (χ0v) is 17.2. The second kappa shape index (κ2) is 7.69. The van der Waals surface area contributed by atoms with Crippen LogP contribution in [-0.2, 0) is 21.2 Å². The van der Waals surface area contributed by atoms with Crippen LogP contribution in [-0.4, -0.2) is 38.4 Å². The first-order valence-electron chi connectivity index (χ1n) is 9.23. The number of sulfonamides is 1. The lowest BCUT2D eigenvalue weighted by Gasteiger charge is -2.32. The number of fused-ring (bicyclic) bond motifs is 1. The van der Waals surface area contributed by atoms with Gasteiger partial charge >= 0.3 is 0 Å². The summed E-state index contributed by atoms with van der Waals surface area (Å²) in [5.74, 6) is 0.0443. The van der Waals surface area contributed by atoms with Crippen LogP contribution in [0.5, 0.6) is 0 Å². The van der Waals surface area contributed by atoms with Gasteiger partial charge in [-0.15, -0.1) is 11.3 Å². The van der Waals surface area contributed by atoms with E-state index in [2.05, 4.69) is 4.72 Å². The molecular weight excluding hydrogens is 396 g/mol. The number of thiophene rings is 1. The highest BCUT2D eigenvalue weighted by Gasteiger charge is 2.27. The summed E-state index contributed by atoms with van der Waals surface area (Å²) < 4.78 is 33.4. The number of aryl methyl sites for hydroxylation is 1. The van der Waals surface area contributed by atoms with Gasteiger partial charge in [-0.25, -0.2) is 13.1 Å². The SMILES string of the molecule is Cc1ccc2c(CC(=O)N3CCC(NS(=O)(=O)c4cccs4)CC3)coc2c1. The molecule has 0 aliphatic carbocycles. The molecule has 4 rings (SSSR count). The molecule has 1 aliphatic rings. The molecule has 1 amide bonds. The van der Waals surface area contributed by atoms with Gasteiger partial charge < -0.3 is 9.32 Å². The second-order valence-corrected chi connectivity index (χ2v) is 10.0. The number of nitrogens with zero attached hydrogens (tertiary/aromatic N) is 1. The minimum absolute atomic E-state index is 0.0443. The fourth-order valence-electron chi connectivity index (χ4n) is 3.54. The molecule has 0 spiro atoms. The number of furan rings is 1. The molecule has 3 heterocycles. The number of hydrogen-bond donors (Lipinski definition) is 1. The highest BCUT2D eigenvalue weighted by Crippen LogP contribution is 2.24. The Morgan fingerprint density at radius 1 is 1.29 bits per heavy atom. The molecule has 0 atom stereocenters. The molecule has 0 unspecified atom stereocenters. The van der Waals surface area contributed by atoms with Crippen molar-refractivity contribution in [3.05, 3.63) is 53.1 Å². The van der Waals surface area contributed by atoms with E-state index < -0.39 is 10.0 Å².